The molecule has 0 saturated carbocycles. The zero-order valence-electron chi connectivity index (χ0n) is 15.3. The fraction of sp³-hybridized carbons (Fsp3) is 0.0455. The van der Waals surface area contributed by atoms with E-state index in [4.69, 9.17) is 4.74 Å². The molecule has 0 fully saturated rings. The highest BCUT2D eigenvalue weighted by molar-refractivity contribution is 7.99. The fourth-order valence-electron chi connectivity index (χ4n) is 2.70. The lowest BCUT2D eigenvalue weighted by molar-refractivity contribution is -0.119. The summed E-state index contributed by atoms with van der Waals surface area (Å²) in [6.07, 6.45) is 3.36. The molecule has 1 N–H and O–H groups in total. The standard InChI is InChI=1S/C22H17N3O3S/c26-21(15-28-22(27)18-14-25-13-7-6-12-20(25)23-18)24-17-10-4-5-11-19(17)29-16-8-2-1-3-9-16/h1-14H,15H2,(H,24,26). The Bertz CT molecular complexity index is 1130. The van der Waals surface area contributed by atoms with Crippen molar-refractivity contribution in [2.75, 3.05) is 11.9 Å². The van der Waals surface area contributed by atoms with Crippen molar-refractivity contribution in [3.05, 3.63) is 90.9 Å². The van der Waals surface area contributed by atoms with Crippen LogP contribution in [0, 0.1) is 0 Å². The summed E-state index contributed by atoms with van der Waals surface area (Å²) in [5.74, 6) is -1.06. The second-order valence-electron chi connectivity index (χ2n) is 6.13. The highest BCUT2D eigenvalue weighted by Crippen LogP contribution is 2.33. The van der Waals surface area contributed by atoms with Crippen LogP contribution in [0.25, 0.3) is 5.65 Å². The maximum Gasteiger partial charge on any atom is 0.359 e. The first-order valence-electron chi connectivity index (χ1n) is 8.92. The van der Waals surface area contributed by atoms with Gasteiger partial charge in [0.25, 0.3) is 5.91 Å². The van der Waals surface area contributed by atoms with Crippen LogP contribution in [0.3, 0.4) is 0 Å². The molecule has 29 heavy (non-hydrogen) atoms. The van der Waals surface area contributed by atoms with Crippen molar-refractivity contribution in [2.24, 2.45) is 0 Å². The number of amides is 1. The highest BCUT2D eigenvalue weighted by atomic mass is 32.2. The second kappa shape index (κ2) is 8.62. The Labute approximate surface area is 171 Å². The average Bonchev–Trinajstić information content (AvgIpc) is 3.19. The summed E-state index contributed by atoms with van der Waals surface area (Å²) >= 11 is 1.54. The summed E-state index contributed by atoms with van der Waals surface area (Å²) in [6, 6.07) is 22.8. The number of pyridine rings is 1. The van der Waals surface area contributed by atoms with Gasteiger partial charge in [-0.25, -0.2) is 9.78 Å². The van der Waals surface area contributed by atoms with E-state index in [0.29, 0.717) is 11.3 Å². The highest BCUT2D eigenvalue weighted by Gasteiger charge is 2.15. The van der Waals surface area contributed by atoms with Gasteiger partial charge < -0.3 is 14.5 Å². The van der Waals surface area contributed by atoms with E-state index >= 15 is 0 Å². The summed E-state index contributed by atoms with van der Waals surface area (Å²) < 4.78 is 6.83. The first-order chi connectivity index (χ1) is 14.2. The van der Waals surface area contributed by atoms with Crippen LogP contribution in [-0.4, -0.2) is 27.9 Å². The zero-order valence-corrected chi connectivity index (χ0v) is 16.1. The summed E-state index contributed by atoms with van der Waals surface area (Å²) in [5, 5.41) is 2.80. The molecule has 4 rings (SSSR count). The van der Waals surface area contributed by atoms with Gasteiger partial charge in [0.2, 0.25) is 0 Å². The molecule has 2 aromatic heterocycles. The molecular formula is C22H17N3O3S. The molecule has 1 amide bonds. The Morgan fingerprint density at radius 1 is 0.966 bits per heavy atom. The summed E-state index contributed by atoms with van der Waals surface area (Å²) in [4.78, 5) is 30.7. The number of carbonyl (C=O) groups is 2. The molecule has 0 radical (unpaired) electrons. The maximum atomic E-state index is 12.3. The lowest BCUT2D eigenvalue weighted by Crippen LogP contribution is -2.21. The number of hydrogen-bond donors (Lipinski definition) is 1. The van der Waals surface area contributed by atoms with Crippen LogP contribution in [0.2, 0.25) is 0 Å². The number of anilines is 1. The number of para-hydroxylation sites is 1. The van der Waals surface area contributed by atoms with Crippen molar-refractivity contribution >= 4 is 35.0 Å². The number of fused-ring (bicyclic) bond motifs is 1. The molecular weight excluding hydrogens is 386 g/mol. The summed E-state index contributed by atoms with van der Waals surface area (Å²) in [7, 11) is 0. The number of hydrogen-bond acceptors (Lipinski definition) is 5. The van der Waals surface area contributed by atoms with Gasteiger partial charge in [-0.05, 0) is 36.4 Å². The normalized spacial score (nSPS) is 10.6. The van der Waals surface area contributed by atoms with Crippen LogP contribution in [0.4, 0.5) is 5.69 Å². The number of esters is 1. The van der Waals surface area contributed by atoms with Crippen LogP contribution in [0.1, 0.15) is 10.5 Å². The first kappa shape index (κ1) is 18.8. The van der Waals surface area contributed by atoms with E-state index < -0.39 is 18.5 Å². The van der Waals surface area contributed by atoms with Crippen LogP contribution in [0.15, 0.2) is 95.0 Å². The van der Waals surface area contributed by atoms with Crippen molar-refractivity contribution in [1.82, 2.24) is 9.38 Å². The van der Waals surface area contributed by atoms with Crippen molar-refractivity contribution in [2.45, 2.75) is 9.79 Å². The predicted molar refractivity (Wildman–Crippen MR) is 111 cm³/mol. The zero-order chi connectivity index (χ0) is 20.1. The molecule has 2 aromatic carbocycles. The van der Waals surface area contributed by atoms with E-state index in [1.807, 2.05) is 66.7 Å². The molecule has 4 aromatic rings. The van der Waals surface area contributed by atoms with Gasteiger partial charge in [0.05, 0.1) is 5.69 Å². The molecule has 0 aliphatic rings. The number of nitrogens with one attached hydrogen (secondary N) is 1. The van der Waals surface area contributed by atoms with Gasteiger partial charge >= 0.3 is 5.97 Å². The van der Waals surface area contributed by atoms with Crippen LogP contribution in [-0.2, 0) is 9.53 Å². The van der Waals surface area contributed by atoms with Crippen molar-refractivity contribution < 1.29 is 14.3 Å². The average molecular weight is 403 g/mol. The predicted octanol–water partition coefficient (Wildman–Crippen LogP) is 4.28. The summed E-state index contributed by atoms with van der Waals surface area (Å²) in [6.45, 7) is -0.392. The lowest BCUT2D eigenvalue weighted by atomic mass is 10.3. The Morgan fingerprint density at radius 2 is 1.72 bits per heavy atom. The molecule has 6 nitrogen and oxygen atoms in total. The van der Waals surface area contributed by atoms with Crippen LogP contribution < -0.4 is 5.32 Å². The third kappa shape index (κ3) is 4.64. The minimum absolute atomic E-state index is 0.157. The molecule has 0 aliphatic carbocycles. The van der Waals surface area contributed by atoms with Crippen molar-refractivity contribution in [3.8, 4) is 0 Å². The van der Waals surface area contributed by atoms with Crippen LogP contribution >= 0.6 is 11.8 Å². The van der Waals surface area contributed by atoms with Crippen molar-refractivity contribution in [3.63, 3.8) is 0 Å². The minimum Gasteiger partial charge on any atom is -0.451 e. The molecule has 2 heterocycles. The Hall–Kier alpha value is -3.58. The fourth-order valence-corrected chi connectivity index (χ4v) is 3.62. The van der Waals surface area contributed by atoms with E-state index in [1.165, 1.54) is 0 Å². The molecule has 0 atom stereocenters. The van der Waals surface area contributed by atoms with Gasteiger partial charge in [0.15, 0.2) is 12.3 Å². The van der Waals surface area contributed by atoms with E-state index in [0.717, 1.165) is 9.79 Å². The number of aromatic nitrogens is 2. The first-order valence-corrected chi connectivity index (χ1v) is 9.73. The number of carbonyl (C=O) groups excluding carboxylic acids is 2. The molecule has 0 bridgehead atoms. The summed E-state index contributed by atoms with van der Waals surface area (Å²) in [5.41, 5.74) is 1.45. The quantitative estimate of drug-likeness (QED) is 0.487. The van der Waals surface area contributed by atoms with Gasteiger partial charge in [-0.3, -0.25) is 4.79 Å². The molecule has 0 spiro atoms. The monoisotopic (exact) mass is 403 g/mol. The second-order valence-corrected chi connectivity index (χ2v) is 7.24. The number of ether oxygens (including phenoxy) is 1. The van der Waals surface area contributed by atoms with Gasteiger partial charge in [0.1, 0.15) is 5.65 Å². The molecule has 7 heteroatoms. The lowest BCUT2D eigenvalue weighted by Gasteiger charge is -2.10. The maximum absolute atomic E-state index is 12.3. The number of rotatable bonds is 6. The topological polar surface area (TPSA) is 72.7 Å². The molecule has 0 unspecified atom stereocenters. The number of benzene rings is 2. The molecule has 144 valence electrons. The Balaban J connectivity index is 1.38. The van der Waals surface area contributed by atoms with E-state index in [2.05, 4.69) is 10.3 Å². The number of imidazole rings is 1. The largest absolute Gasteiger partial charge is 0.451 e. The van der Waals surface area contributed by atoms with Crippen LogP contribution in [0.5, 0.6) is 0 Å². The minimum atomic E-state index is -0.643. The van der Waals surface area contributed by atoms with Gasteiger partial charge in [-0.1, -0.05) is 48.2 Å². The Morgan fingerprint density at radius 3 is 2.55 bits per heavy atom. The van der Waals surface area contributed by atoms with Gasteiger partial charge in [-0.2, -0.15) is 0 Å². The van der Waals surface area contributed by atoms with Gasteiger partial charge in [0, 0.05) is 22.2 Å². The SMILES string of the molecule is O=C(COC(=O)c1cn2ccccc2n1)Nc1ccccc1Sc1ccccc1. The van der Waals surface area contributed by atoms with E-state index in [1.54, 1.807) is 34.6 Å². The number of nitrogens with zero attached hydrogens (tertiary/aromatic N) is 2. The van der Waals surface area contributed by atoms with Crippen molar-refractivity contribution in [1.29, 1.82) is 0 Å². The van der Waals surface area contributed by atoms with Gasteiger partial charge in [-0.15, -0.1) is 0 Å². The van der Waals surface area contributed by atoms with E-state index in [9.17, 15) is 9.59 Å². The molecule has 0 saturated heterocycles. The smallest absolute Gasteiger partial charge is 0.359 e. The van der Waals surface area contributed by atoms with E-state index in [-0.39, 0.29) is 5.69 Å². The third-order valence-corrected chi connectivity index (χ3v) is 5.12. The third-order valence-electron chi connectivity index (χ3n) is 4.04. The molecule has 0 aliphatic heterocycles. The Kier molecular flexibility index (Phi) is 5.58.